The number of rotatable bonds is 61. The molecule has 0 bridgehead atoms. The number of hydrogen-bond donors (Lipinski definition) is 0. The van der Waals surface area contributed by atoms with E-state index in [1.165, 1.54) is 263 Å². The van der Waals surface area contributed by atoms with Crippen molar-refractivity contribution in [2.75, 3.05) is 13.2 Å². The fraction of sp³-hybridized carbons (Fsp3) is 0.896. The van der Waals surface area contributed by atoms with E-state index in [1.54, 1.807) is 0 Å². The van der Waals surface area contributed by atoms with E-state index in [0.717, 1.165) is 64.2 Å². The molecule has 0 aliphatic rings. The highest BCUT2D eigenvalue weighted by Crippen LogP contribution is 2.18. The molecule has 0 N–H and O–H groups in total. The lowest BCUT2D eigenvalue weighted by atomic mass is 10.0. The van der Waals surface area contributed by atoms with Crippen LogP contribution in [-0.4, -0.2) is 37.2 Å². The van der Waals surface area contributed by atoms with Gasteiger partial charge in [-0.05, 0) is 64.2 Å². The van der Waals surface area contributed by atoms with Gasteiger partial charge in [0, 0.05) is 19.3 Å². The fourth-order valence-corrected chi connectivity index (χ4v) is 9.95. The molecule has 0 saturated heterocycles. The van der Waals surface area contributed by atoms with Crippen LogP contribution in [-0.2, 0) is 28.6 Å². The molecule has 0 radical (unpaired) electrons. The summed E-state index contributed by atoms with van der Waals surface area (Å²) >= 11 is 0. The Kier molecular flexibility index (Phi) is 60.6. The molecule has 73 heavy (non-hydrogen) atoms. The third-order valence-corrected chi connectivity index (χ3v) is 14.9. The Morgan fingerprint density at radius 1 is 0.260 bits per heavy atom. The normalized spacial score (nSPS) is 12.1. The minimum Gasteiger partial charge on any atom is -0.462 e. The highest BCUT2D eigenvalue weighted by Gasteiger charge is 2.19. The molecular weight excluding hydrogens is 901 g/mol. The predicted molar refractivity (Wildman–Crippen MR) is 316 cm³/mol. The molecule has 0 fully saturated rings. The van der Waals surface area contributed by atoms with Crippen LogP contribution in [0.4, 0.5) is 0 Å². The molecule has 6 heteroatoms. The van der Waals surface area contributed by atoms with Gasteiger partial charge >= 0.3 is 17.9 Å². The van der Waals surface area contributed by atoms with Gasteiger partial charge in [0.15, 0.2) is 6.10 Å². The largest absolute Gasteiger partial charge is 0.462 e. The van der Waals surface area contributed by atoms with Gasteiger partial charge in [0.25, 0.3) is 0 Å². The third kappa shape index (κ3) is 60.6. The first kappa shape index (κ1) is 70.9. The molecule has 0 aromatic heterocycles. The summed E-state index contributed by atoms with van der Waals surface area (Å²) in [5.41, 5.74) is 0. The van der Waals surface area contributed by atoms with Gasteiger partial charge in [-0.1, -0.05) is 308 Å². The van der Waals surface area contributed by atoms with E-state index in [2.05, 4.69) is 45.1 Å². The monoisotopic (exact) mass is 1030 g/mol. The maximum atomic E-state index is 12.9. The van der Waals surface area contributed by atoms with Crippen LogP contribution in [0.15, 0.2) is 24.3 Å². The number of ether oxygens (including phenoxy) is 3. The second kappa shape index (κ2) is 62.4. The van der Waals surface area contributed by atoms with Gasteiger partial charge < -0.3 is 14.2 Å². The average Bonchev–Trinajstić information content (AvgIpc) is 3.39. The first-order chi connectivity index (χ1) is 36.0. The highest BCUT2D eigenvalue weighted by molar-refractivity contribution is 5.71. The number of hydrogen-bond acceptors (Lipinski definition) is 6. The standard InChI is InChI=1S/C67H126O6/c1-4-7-10-13-16-19-22-24-26-28-30-31-32-33-34-35-37-38-40-42-45-48-51-54-57-60-66(69)72-63-64(62-71-65(68)59-56-53-50-47-44-21-18-15-12-9-6-3)73-67(70)61-58-55-52-49-46-43-41-39-36-29-27-25-23-20-17-14-11-8-5-2/h15,18,28,30,64H,4-14,16-17,19-27,29,31-63H2,1-3H3/b18-15-,30-28-. The number of carbonyl (C=O) groups is 3. The lowest BCUT2D eigenvalue weighted by molar-refractivity contribution is -0.167. The highest BCUT2D eigenvalue weighted by atomic mass is 16.6. The van der Waals surface area contributed by atoms with Gasteiger partial charge in [0.2, 0.25) is 0 Å². The zero-order valence-corrected chi connectivity index (χ0v) is 49.4. The second-order valence-electron chi connectivity index (χ2n) is 22.4. The minimum absolute atomic E-state index is 0.0687. The topological polar surface area (TPSA) is 78.9 Å². The molecule has 0 aromatic rings. The Balaban J connectivity index is 4.19. The lowest BCUT2D eigenvalue weighted by Gasteiger charge is -2.18. The van der Waals surface area contributed by atoms with E-state index in [-0.39, 0.29) is 31.1 Å². The van der Waals surface area contributed by atoms with E-state index < -0.39 is 6.10 Å². The summed E-state index contributed by atoms with van der Waals surface area (Å²) in [5, 5.41) is 0. The molecule has 1 unspecified atom stereocenters. The Morgan fingerprint density at radius 3 is 0.726 bits per heavy atom. The lowest BCUT2D eigenvalue weighted by Crippen LogP contribution is -2.30. The van der Waals surface area contributed by atoms with Crippen molar-refractivity contribution in [2.24, 2.45) is 0 Å². The van der Waals surface area contributed by atoms with Crippen LogP contribution in [0.3, 0.4) is 0 Å². The Bertz CT molecular complexity index is 1180. The molecule has 0 aromatic carbocycles. The second-order valence-corrected chi connectivity index (χ2v) is 22.4. The van der Waals surface area contributed by atoms with E-state index in [1.807, 2.05) is 0 Å². The maximum Gasteiger partial charge on any atom is 0.306 e. The van der Waals surface area contributed by atoms with Crippen molar-refractivity contribution in [1.82, 2.24) is 0 Å². The van der Waals surface area contributed by atoms with Crippen molar-refractivity contribution >= 4 is 17.9 Å². The maximum absolute atomic E-state index is 12.9. The van der Waals surface area contributed by atoms with Gasteiger partial charge in [-0.2, -0.15) is 0 Å². The number of carbonyl (C=O) groups excluding carboxylic acids is 3. The zero-order valence-electron chi connectivity index (χ0n) is 49.4. The molecule has 0 aliphatic carbocycles. The predicted octanol–water partition coefficient (Wildman–Crippen LogP) is 22.2. The van der Waals surface area contributed by atoms with Crippen LogP contribution < -0.4 is 0 Å². The van der Waals surface area contributed by atoms with Crippen molar-refractivity contribution < 1.29 is 28.6 Å². The first-order valence-electron chi connectivity index (χ1n) is 32.8. The molecule has 6 nitrogen and oxygen atoms in total. The van der Waals surface area contributed by atoms with Gasteiger partial charge in [-0.15, -0.1) is 0 Å². The number of unbranched alkanes of at least 4 members (excludes halogenated alkanes) is 46. The summed E-state index contributed by atoms with van der Waals surface area (Å²) in [6.45, 7) is 6.66. The number of esters is 3. The molecule has 0 heterocycles. The summed E-state index contributed by atoms with van der Waals surface area (Å²) in [6, 6.07) is 0. The van der Waals surface area contributed by atoms with Crippen molar-refractivity contribution in [2.45, 2.75) is 374 Å². The van der Waals surface area contributed by atoms with Crippen LogP contribution in [0.5, 0.6) is 0 Å². The Labute approximate surface area is 455 Å². The summed E-state index contributed by atoms with van der Waals surface area (Å²) in [4.78, 5) is 38.2. The summed E-state index contributed by atoms with van der Waals surface area (Å²) in [7, 11) is 0. The summed E-state index contributed by atoms with van der Waals surface area (Å²) < 4.78 is 16.9. The van der Waals surface area contributed by atoms with Crippen LogP contribution >= 0.6 is 0 Å². The van der Waals surface area contributed by atoms with E-state index in [0.29, 0.717) is 19.3 Å². The average molecular weight is 1030 g/mol. The molecule has 0 saturated carbocycles. The van der Waals surface area contributed by atoms with Crippen molar-refractivity contribution in [3.63, 3.8) is 0 Å². The summed E-state index contributed by atoms with van der Waals surface area (Å²) in [6.07, 6.45) is 74.9. The quantitative estimate of drug-likeness (QED) is 0.0261. The van der Waals surface area contributed by atoms with Crippen LogP contribution in [0.1, 0.15) is 367 Å². The fourth-order valence-electron chi connectivity index (χ4n) is 9.95. The Hall–Kier alpha value is -2.11. The molecule has 430 valence electrons. The molecule has 0 rings (SSSR count). The van der Waals surface area contributed by atoms with Crippen molar-refractivity contribution in [1.29, 1.82) is 0 Å². The van der Waals surface area contributed by atoms with E-state index in [9.17, 15) is 14.4 Å². The molecule has 0 aliphatic heterocycles. The summed E-state index contributed by atoms with van der Waals surface area (Å²) in [5.74, 6) is -0.853. The van der Waals surface area contributed by atoms with Crippen molar-refractivity contribution in [3.05, 3.63) is 24.3 Å². The molecular formula is C67H126O6. The molecule has 0 spiro atoms. The van der Waals surface area contributed by atoms with Gasteiger partial charge in [0.1, 0.15) is 13.2 Å². The van der Waals surface area contributed by atoms with Crippen LogP contribution in [0, 0.1) is 0 Å². The van der Waals surface area contributed by atoms with E-state index in [4.69, 9.17) is 14.2 Å². The minimum atomic E-state index is -0.771. The molecule has 1 atom stereocenters. The third-order valence-electron chi connectivity index (χ3n) is 14.9. The zero-order chi connectivity index (χ0) is 52.9. The first-order valence-corrected chi connectivity index (χ1v) is 32.8. The molecule has 0 amide bonds. The van der Waals surface area contributed by atoms with Crippen LogP contribution in [0.2, 0.25) is 0 Å². The van der Waals surface area contributed by atoms with Gasteiger partial charge in [-0.3, -0.25) is 14.4 Å². The number of allylic oxidation sites excluding steroid dienone is 4. The smallest absolute Gasteiger partial charge is 0.306 e. The van der Waals surface area contributed by atoms with Gasteiger partial charge in [0.05, 0.1) is 0 Å². The van der Waals surface area contributed by atoms with Crippen molar-refractivity contribution in [3.8, 4) is 0 Å². The van der Waals surface area contributed by atoms with Crippen LogP contribution in [0.25, 0.3) is 0 Å². The SMILES string of the molecule is CCCC/C=C\CCCCCCCC(=O)OCC(COC(=O)CCCCCCCCCCCCCCC/C=C\CCCCCCCCCC)OC(=O)CCCCCCCCCCCCCCCCCCCCC. The van der Waals surface area contributed by atoms with E-state index >= 15 is 0 Å². The van der Waals surface area contributed by atoms with Gasteiger partial charge in [-0.25, -0.2) is 0 Å². The Morgan fingerprint density at radius 2 is 0.466 bits per heavy atom.